The third kappa shape index (κ3) is 5.30. The second kappa shape index (κ2) is 10.4. The minimum atomic E-state index is -0.145. The van der Waals surface area contributed by atoms with Crippen LogP contribution in [0.15, 0.2) is 79.1 Å². The first-order chi connectivity index (χ1) is 16.6. The van der Waals surface area contributed by atoms with Crippen molar-refractivity contribution < 1.29 is 19.0 Å². The van der Waals surface area contributed by atoms with Gasteiger partial charge in [0.25, 0.3) is 0 Å². The maximum Gasteiger partial charge on any atom is 0.230 e. The number of hydrogen-bond donors (Lipinski definition) is 0. The van der Waals surface area contributed by atoms with Gasteiger partial charge < -0.3 is 14.2 Å². The van der Waals surface area contributed by atoms with Crippen molar-refractivity contribution in [2.24, 2.45) is 0 Å². The highest BCUT2D eigenvalue weighted by molar-refractivity contribution is 6.04. The van der Waals surface area contributed by atoms with Crippen molar-refractivity contribution in [3.63, 3.8) is 0 Å². The van der Waals surface area contributed by atoms with Crippen molar-refractivity contribution in [3.05, 3.63) is 95.8 Å². The molecule has 0 aliphatic heterocycles. The lowest BCUT2D eigenvalue weighted by Gasteiger charge is -2.08. The molecular formula is C28H24N2O4. The number of aromatic nitrogens is 2. The van der Waals surface area contributed by atoms with E-state index in [1.807, 2.05) is 55.5 Å². The van der Waals surface area contributed by atoms with E-state index in [1.54, 1.807) is 38.5 Å². The van der Waals surface area contributed by atoms with Crippen LogP contribution in [-0.4, -0.2) is 30.0 Å². The number of allylic oxidation sites excluding steroid dienone is 2. The lowest BCUT2D eigenvalue weighted by Crippen LogP contribution is -1.92. The molecular weight excluding hydrogens is 428 g/mol. The molecule has 6 nitrogen and oxygen atoms in total. The molecule has 0 saturated carbocycles. The Kier molecular flexibility index (Phi) is 6.98. The average molecular weight is 453 g/mol. The summed E-state index contributed by atoms with van der Waals surface area (Å²) >= 11 is 0. The standard InChI is InChI=1S/C28H24N2O4/c1-19-5-4-6-25-27(19)29-18-30-28(25)34-23-13-8-20(9-14-23)7-11-22(31)12-10-21-17-24(32-2)15-16-26(21)33-3/h4-18H,1-3H3/b11-7+,12-10+. The van der Waals surface area contributed by atoms with Gasteiger partial charge in [0.15, 0.2) is 5.78 Å². The highest BCUT2D eigenvalue weighted by atomic mass is 16.5. The number of rotatable bonds is 8. The summed E-state index contributed by atoms with van der Waals surface area (Å²) in [5, 5.41) is 0.858. The predicted octanol–water partition coefficient (Wildman–Crippen LogP) is 6.04. The molecule has 0 atom stereocenters. The smallest absolute Gasteiger partial charge is 0.230 e. The molecule has 0 spiro atoms. The van der Waals surface area contributed by atoms with E-state index in [4.69, 9.17) is 14.2 Å². The Morgan fingerprint density at radius 1 is 0.853 bits per heavy atom. The van der Waals surface area contributed by atoms with Gasteiger partial charge in [-0.25, -0.2) is 9.97 Å². The van der Waals surface area contributed by atoms with E-state index in [0.717, 1.165) is 27.6 Å². The summed E-state index contributed by atoms with van der Waals surface area (Å²) in [7, 11) is 3.18. The minimum Gasteiger partial charge on any atom is -0.497 e. The van der Waals surface area contributed by atoms with Crippen LogP contribution in [0.5, 0.6) is 23.1 Å². The highest BCUT2D eigenvalue weighted by Gasteiger charge is 2.08. The molecule has 4 rings (SSSR count). The summed E-state index contributed by atoms with van der Waals surface area (Å²) in [6.07, 6.45) is 7.97. The monoisotopic (exact) mass is 452 g/mol. The lowest BCUT2D eigenvalue weighted by molar-refractivity contribution is -0.110. The molecule has 1 heterocycles. The van der Waals surface area contributed by atoms with Gasteiger partial charge in [-0.05, 0) is 72.7 Å². The summed E-state index contributed by atoms with van der Waals surface area (Å²) in [5.41, 5.74) is 3.56. The Bertz CT molecular complexity index is 1380. The van der Waals surface area contributed by atoms with Crippen LogP contribution in [0.4, 0.5) is 0 Å². The molecule has 34 heavy (non-hydrogen) atoms. The Labute approximate surface area is 198 Å². The van der Waals surface area contributed by atoms with Gasteiger partial charge in [-0.1, -0.05) is 30.3 Å². The summed E-state index contributed by atoms with van der Waals surface area (Å²) in [5.74, 6) is 2.36. The molecule has 4 aromatic rings. The molecule has 0 radical (unpaired) electrons. The van der Waals surface area contributed by atoms with E-state index in [0.29, 0.717) is 23.1 Å². The number of hydrogen-bond acceptors (Lipinski definition) is 6. The molecule has 0 aliphatic rings. The SMILES string of the molecule is COc1ccc(OC)c(/C=C/C(=O)/C=C/c2ccc(Oc3ncnc4c(C)cccc34)cc2)c1. The van der Waals surface area contributed by atoms with E-state index >= 15 is 0 Å². The molecule has 0 N–H and O–H groups in total. The van der Waals surface area contributed by atoms with Gasteiger partial charge in [0.2, 0.25) is 5.88 Å². The van der Waals surface area contributed by atoms with Gasteiger partial charge >= 0.3 is 0 Å². The number of nitrogens with zero attached hydrogens (tertiary/aromatic N) is 2. The predicted molar refractivity (Wildman–Crippen MR) is 133 cm³/mol. The molecule has 0 fully saturated rings. The second-order valence-electron chi connectivity index (χ2n) is 7.50. The third-order valence-corrected chi connectivity index (χ3v) is 5.23. The first-order valence-electron chi connectivity index (χ1n) is 10.7. The largest absolute Gasteiger partial charge is 0.497 e. The van der Waals surface area contributed by atoms with Crippen LogP contribution in [0.2, 0.25) is 0 Å². The van der Waals surface area contributed by atoms with E-state index in [1.165, 1.54) is 18.5 Å². The summed E-state index contributed by atoms with van der Waals surface area (Å²) in [6.45, 7) is 2.00. The molecule has 0 saturated heterocycles. The second-order valence-corrected chi connectivity index (χ2v) is 7.50. The third-order valence-electron chi connectivity index (χ3n) is 5.23. The highest BCUT2D eigenvalue weighted by Crippen LogP contribution is 2.28. The van der Waals surface area contributed by atoms with E-state index < -0.39 is 0 Å². The van der Waals surface area contributed by atoms with Crippen LogP contribution in [0.3, 0.4) is 0 Å². The summed E-state index contributed by atoms with van der Waals surface area (Å²) < 4.78 is 16.5. The first-order valence-corrected chi connectivity index (χ1v) is 10.7. The van der Waals surface area contributed by atoms with Gasteiger partial charge in [0, 0.05) is 5.56 Å². The molecule has 1 aromatic heterocycles. The topological polar surface area (TPSA) is 70.5 Å². The van der Waals surface area contributed by atoms with Crippen LogP contribution < -0.4 is 14.2 Å². The van der Waals surface area contributed by atoms with Crippen LogP contribution in [0.1, 0.15) is 16.7 Å². The fraction of sp³-hybridized carbons (Fsp3) is 0.107. The Hall–Kier alpha value is -4.45. The fourth-order valence-corrected chi connectivity index (χ4v) is 3.43. The number of carbonyl (C=O) groups is 1. The van der Waals surface area contributed by atoms with Gasteiger partial charge in [-0.3, -0.25) is 4.79 Å². The number of benzene rings is 3. The van der Waals surface area contributed by atoms with E-state index in [9.17, 15) is 4.79 Å². The number of para-hydroxylation sites is 1. The van der Waals surface area contributed by atoms with Crippen molar-refractivity contribution in [1.82, 2.24) is 9.97 Å². The van der Waals surface area contributed by atoms with Crippen molar-refractivity contribution in [2.75, 3.05) is 14.2 Å². The van der Waals surface area contributed by atoms with Gasteiger partial charge in [-0.2, -0.15) is 0 Å². The number of ether oxygens (including phenoxy) is 3. The molecule has 3 aromatic carbocycles. The normalized spacial score (nSPS) is 11.3. The van der Waals surface area contributed by atoms with Gasteiger partial charge in [0.1, 0.15) is 23.6 Å². The zero-order valence-electron chi connectivity index (χ0n) is 19.2. The summed E-state index contributed by atoms with van der Waals surface area (Å²) in [4.78, 5) is 20.9. The van der Waals surface area contributed by atoms with Crippen LogP contribution >= 0.6 is 0 Å². The Balaban J connectivity index is 1.43. The first kappa shape index (κ1) is 22.7. The van der Waals surface area contributed by atoms with Crippen molar-refractivity contribution in [3.8, 4) is 23.1 Å². The fourth-order valence-electron chi connectivity index (χ4n) is 3.43. The van der Waals surface area contributed by atoms with Crippen molar-refractivity contribution >= 4 is 28.8 Å². The maximum absolute atomic E-state index is 12.3. The zero-order chi connectivity index (χ0) is 23.9. The maximum atomic E-state index is 12.3. The number of carbonyl (C=O) groups excluding carboxylic acids is 1. The number of ketones is 1. The lowest BCUT2D eigenvalue weighted by atomic mass is 10.1. The quantitative estimate of drug-likeness (QED) is 0.303. The van der Waals surface area contributed by atoms with Crippen LogP contribution in [0.25, 0.3) is 23.1 Å². The minimum absolute atomic E-state index is 0.145. The average Bonchev–Trinajstić information content (AvgIpc) is 2.87. The molecule has 0 unspecified atom stereocenters. The number of methoxy groups -OCH3 is 2. The molecule has 0 bridgehead atoms. The van der Waals surface area contributed by atoms with E-state index in [2.05, 4.69) is 9.97 Å². The Morgan fingerprint density at radius 2 is 1.62 bits per heavy atom. The van der Waals surface area contributed by atoms with Crippen molar-refractivity contribution in [2.45, 2.75) is 6.92 Å². The van der Waals surface area contributed by atoms with Crippen LogP contribution in [-0.2, 0) is 4.79 Å². The zero-order valence-corrected chi connectivity index (χ0v) is 19.2. The molecule has 0 amide bonds. The van der Waals surface area contributed by atoms with Crippen LogP contribution in [0, 0.1) is 6.92 Å². The number of fused-ring (bicyclic) bond motifs is 1. The van der Waals surface area contributed by atoms with Gasteiger partial charge in [0.05, 0.1) is 25.1 Å². The van der Waals surface area contributed by atoms with E-state index in [-0.39, 0.29) is 5.78 Å². The summed E-state index contributed by atoms with van der Waals surface area (Å²) in [6, 6.07) is 18.7. The molecule has 6 heteroatoms. The molecule has 0 aliphatic carbocycles. The molecule has 170 valence electrons. The van der Waals surface area contributed by atoms with Gasteiger partial charge in [-0.15, -0.1) is 0 Å². The van der Waals surface area contributed by atoms with Crippen molar-refractivity contribution in [1.29, 1.82) is 0 Å². The Morgan fingerprint density at radius 3 is 2.38 bits per heavy atom. The number of aryl methyl sites for hydroxylation is 1.